The van der Waals surface area contributed by atoms with E-state index in [4.69, 9.17) is 10.7 Å². The summed E-state index contributed by atoms with van der Waals surface area (Å²) in [5.41, 5.74) is -1.13. The summed E-state index contributed by atoms with van der Waals surface area (Å²) in [7, 11) is 0.392. The zero-order valence-corrected chi connectivity index (χ0v) is 12.0. The molecule has 19 heavy (non-hydrogen) atoms. The fourth-order valence-corrected chi connectivity index (χ4v) is 2.82. The van der Waals surface area contributed by atoms with Crippen LogP contribution < -0.4 is 4.74 Å². The van der Waals surface area contributed by atoms with Gasteiger partial charge in [0.15, 0.2) is 8.47 Å². The molecule has 0 aromatic carbocycles. The largest absolute Gasteiger partial charge is 0.574 e. The van der Waals surface area contributed by atoms with Gasteiger partial charge in [-0.3, -0.25) is 10.1 Å². The van der Waals surface area contributed by atoms with Gasteiger partial charge in [0.25, 0.3) is 9.05 Å². The summed E-state index contributed by atoms with van der Waals surface area (Å²) in [5.74, 6) is -1.14. The quantitative estimate of drug-likeness (QED) is 0.315. The van der Waals surface area contributed by atoms with Crippen molar-refractivity contribution < 1.29 is 31.2 Å². The number of rotatable bonds is 3. The third-order valence-electron chi connectivity index (χ3n) is 1.59. The van der Waals surface area contributed by atoms with Crippen molar-refractivity contribution >= 4 is 48.0 Å². The molecule has 1 aromatic heterocycles. The summed E-state index contributed by atoms with van der Waals surface area (Å²) < 4.78 is 60.8. The predicted molar refractivity (Wildman–Crippen MR) is 63.3 cm³/mol. The van der Waals surface area contributed by atoms with Crippen LogP contribution in [0.5, 0.6) is 5.88 Å². The highest BCUT2D eigenvalue weighted by Crippen LogP contribution is 2.37. The summed E-state index contributed by atoms with van der Waals surface area (Å²) >= 11 is 1.11. The van der Waals surface area contributed by atoms with Crippen LogP contribution in [-0.4, -0.2) is 24.7 Å². The van der Waals surface area contributed by atoms with Crippen LogP contribution in [0, 0.1) is 13.7 Å². The Balaban J connectivity index is 3.54. The van der Waals surface area contributed by atoms with E-state index in [2.05, 4.69) is 9.72 Å². The van der Waals surface area contributed by atoms with E-state index >= 15 is 0 Å². The molecule has 0 atom stereocenters. The number of pyridine rings is 1. The van der Waals surface area contributed by atoms with Crippen molar-refractivity contribution in [1.29, 1.82) is 0 Å². The van der Waals surface area contributed by atoms with Crippen molar-refractivity contribution in [3.8, 4) is 5.88 Å². The van der Waals surface area contributed by atoms with E-state index in [9.17, 15) is 31.7 Å². The second-order valence-corrected chi connectivity index (χ2v) is 6.45. The average Bonchev–Trinajstić information content (AvgIpc) is 2.16. The maximum Gasteiger partial charge on any atom is 0.574 e. The van der Waals surface area contributed by atoms with Crippen molar-refractivity contribution in [2.24, 2.45) is 0 Å². The molecule has 106 valence electrons. The first-order valence-corrected chi connectivity index (χ1v) is 7.35. The lowest BCUT2D eigenvalue weighted by Crippen LogP contribution is -2.19. The Kier molecular flexibility index (Phi) is 4.46. The zero-order chi connectivity index (χ0) is 15.0. The van der Waals surface area contributed by atoms with Crippen LogP contribution in [0.1, 0.15) is 0 Å². The number of ether oxygens (including phenoxy) is 1. The lowest BCUT2D eigenvalue weighted by Gasteiger charge is -2.10. The fourth-order valence-electron chi connectivity index (χ4n) is 0.974. The van der Waals surface area contributed by atoms with E-state index in [1.807, 2.05) is 0 Å². The number of alkyl halides is 3. The van der Waals surface area contributed by atoms with E-state index in [-0.39, 0.29) is 0 Å². The van der Waals surface area contributed by atoms with Gasteiger partial charge in [-0.15, -0.1) is 13.2 Å². The molecule has 0 saturated heterocycles. The highest BCUT2D eigenvalue weighted by molar-refractivity contribution is 14.1. The number of nitrogens with zero attached hydrogens (tertiary/aromatic N) is 2. The van der Waals surface area contributed by atoms with Gasteiger partial charge in [0.2, 0.25) is 5.88 Å². The molecule has 7 nitrogen and oxygen atoms in total. The Hall–Kier alpha value is -0.890. The third-order valence-corrected chi connectivity index (χ3v) is 3.88. The minimum atomic E-state index is -5.12. The average molecular weight is 433 g/mol. The molecule has 0 fully saturated rings. The first kappa shape index (κ1) is 16.2. The van der Waals surface area contributed by atoms with Gasteiger partial charge >= 0.3 is 12.0 Å². The highest BCUT2D eigenvalue weighted by Gasteiger charge is 2.37. The molecular weight excluding hydrogens is 431 g/mol. The van der Waals surface area contributed by atoms with Crippen molar-refractivity contribution in [1.82, 2.24) is 4.98 Å². The van der Waals surface area contributed by atoms with Gasteiger partial charge in [0.05, 0.1) is 11.1 Å². The molecule has 0 saturated carbocycles. The van der Waals surface area contributed by atoms with E-state index in [0.717, 1.165) is 22.6 Å². The second-order valence-electron chi connectivity index (χ2n) is 2.83. The van der Waals surface area contributed by atoms with Crippen molar-refractivity contribution in [3.63, 3.8) is 0 Å². The standard InChI is InChI=1S/C6HClF3IN2O5S/c7-19(16,17)2-1-12-5(18-6(8,9)10)3(11)4(2)13(14)15/h1H. The van der Waals surface area contributed by atoms with Crippen molar-refractivity contribution in [2.45, 2.75) is 11.3 Å². The lowest BCUT2D eigenvalue weighted by atomic mass is 10.4. The van der Waals surface area contributed by atoms with Gasteiger partial charge in [0, 0.05) is 10.7 Å². The van der Waals surface area contributed by atoms with Gasteiger partial charge in [-0.2, -0.15) is 0 Å². The van der Waals surface area contributed by atoms with Crippen LogP contribution in [0.4, 0.5) is 18.9 Å². The molecule has 0 unspecified atom stereocenters. The molecule has 0 bridgehead atoms. The zero-order valence-electron chi connectivity index (χ0n) is 8.31. The third kappa shape index (κ3) is 4.04. The monoisotopic (exact) mass is 432 g/mol. The Morgan fingerprint density at radius 1 is 1.47 bits per heavy atom. The van der Waals surface area contributed by atoms with E-state index in [1.165, 1.54) is 0 Å². The van der Waals surface area contributed by atoms with Gasteiger partial charge in [-0.05, 0) is 22.6 Å². The number of nitro groups is 1. The first-order chi connectivity index (χ1) is 8.43. The molecule has 0 aliphatic rings. The normalized spacial score (nSPS) is 12.3. The van der Waals surface area contributed by atoms with E-state index in [0.29, 0.717) is 6.20 Å². The minimum absolute atomic E-state index is 0.323. The summed E-state index contributed by atoms with van der Waals surface area (Å²) in [6.07, 6.45) is -4.80. The van der Waals surface area contributed by atoms with Crippen molar-refractivity contribution in [3.05, 3.63) is 19.9 Å². The van der Waals surface area contributed by atoms with Crippen LogP contribution >= 0.6 is 33.3 Å². The van der Waals surface area contributed by atoms with Gasteiger partial charge in [-0.25, -0.2) is 13.4 Å². The number of hydrogen-bond acceptors (Lipinski definition) is 6. The maximum absolute atomic E-state index is 12.0. The van der Waals surface area contributed by atoms with Crippen molar-refractivity contribution in [2.75, 3.05) is 0 Å². The molecule has 1 heterocycles. The van der Waals surface area contributed by atoms with Crippen LogP contribution in [-0.2, 0) is 9.05 Å². The van der Waals surface area contributed by atoms with Crippen LogP contribution in [0.25, 0.3) is 0 Å². The summed E-state index contributed by atoms with van der Waals surface area (Å²) in [5, 5.41) is 10.7. The van der Waals surface area contributed by atoms with E-state index < -0.39 is 40.4 Å². The molecule has 0 aliphatic carbocycles. The highest BCUT2D eigenvalue weighted by atomic mass is 127. The van der Waals surface area contributed by atoms with Crippen LogP contribution in [0.15, 0.2) is 11.1 Å². The summed E-state index contributed by atoms with van der Waals surface area (Å²) in [6, 6.07) is 0. The summed E-state index contributed by atoms with van der Waals surface area (Å²) in [4.78, 5) is 11.6. The molecule has 0 amide bonds. The predicted octanol–water partition coefficient (Wildman–Crippen LogP) is 2.42. The smallest absolute Gasteiger partial charge is 0.386 e. The van der Waals surface area contributed by atoms with Gasteiger partial charge in [-0.1, -0.05) is 0 Å². The molecule has 1 aromatic rings. The minimum Gasteiger partial charge on any atom is -0.386 e. The lowest BCUT2D eigenvalue weighted by molar-refractivity contribution is -0.389. The number of halogens is 5. The fraction of sp³-hybridized carbons (Fsp3) is 0.167. The van der Waals surface area contributed by atoms with Crippen LogP contribution in [0.2, 0.25) is 0 Å². The van der Waals surface area contributed by atoms with E-state index in [1.54, 1.807) is 0 Å². The van der Waals surface area contributed by atoms with Gasteiger partial charge < -0.3 is 4.74 Å². The topological polar surface area (TPSA) is 99.4 Å². The number of aromatic nitrogens is 1. The van der Waals surface area contributed by atoms with Gasteiger partial charge in [0.1, 0.15) is 0 Å². The molecular formula is C6HClF3IN2O5S. The number of hydrogen-bond donors (Lipinski definition) is 0. The molecule has 1 rings (SSSR count). The maximum atomic E-state index is 12.0. The van der Waals surface area contributed by atoms with Crippen LogP contribution in [0.3, 0.4) is 0 Å². The molecule has 0 radical (unpaired) electrons. The molecule has 0 aliphatic heterocycles. The Morgan fingerprint density at radius 3 is 2.37 bits per heavy atom. The Morgan fingerprint density at radius 2 is 2.00 bits per heavy atom. The Labute approximate surface area is 121 Å². The molecule has 13 heteroatoms. The SMILES string of the molecule is O=[N+]([O-])c1c(S(=O)(=O)Cl)cnc(OC(F)(F)F)c1I. The molecule has 0 spiro atoms. The summed E-state index contributed by atoms with van der Waals surface area (Å²) in [6.45, 7) is 0. The second kappa shape index (κ2) is 5.24. The first-order valence-electron chi connectivity index (χ1n) is 3.97. The Bertz CT molecular complexity index is 634. The molecule has 0 N–H and O–H groups in total.